The van der Waals surface area contributed by atoms with E-state index in [2.05, 4.69) is 17.0 Å². The summed E-state index contributed by atoms with van der Waals surface area (Å²) in [7, 11) is 0.811. The molecular weight excluding hydrogens is 294 g/mol. The molecule has 1 aromatic rings. The molecule has 1 rings (SSSR count). The molecule has 0 bridgehead atoms. The standard InChI is InChI=1S/C14H23NO3S2/c1-15(8-5-9-20(4,16)17)11-12-6-7-14(19-3)13(10-12)18-2/h6-7,10H,5,8-9,11H2,1-4H3. The van der Waals surface area contributed by atoms with Crippen molar-refractivity contribution in [2.24, 2.45) is 0 Å². The van der Waals surface area contributed by atoms with Crippen molar-refractivity contribution in [3.8, 4) is 5.75 Å². The molecule has 0 aliphatic carbocycles. The third-order valence-electron chi connectivity index (χ3n) is 2.96. The number of hydrogen-bond acceptors (Lipinski definition) is 5. The first kappa shape index (κ1) is 17.3. The number of methoxy groups -OCH3 is 1. The van der Waals surface area contributed by atoms with E-state index in [9.17, 15) is 8.42 Å². The number of hydrogen-bond donors (Lipinski definition) is 0. The molecule has 0 spiro atoms. The molecule has 0 saturated carbocycles. The molecule has 4 nitrogen and oxygen atoms in total. The van der Waals surface area contributed by atoms with Crippen molar-refractivity contribution in [3.05, 3.63) is 23.8 Å². The maximum absolute atomic E-state index is 11.1. The summed E-state index contributed by atoms with van der Waals surface area (Å²) in [6.07, 6.45) is 3.96. The smallest absolute Gasteiger partial charge is 0.147 e. The Bertz CT molecular complexity index is 529. The number of rotatable bonds is 8. The Balaban J connectivity index is 2.55. The van der Waals surface area contributed by atoms with Crippen LogP contribution in [0, 0.1) is 0 Å². The highest BCUT2D eigenvalue weighted by Crippen LogP contribution is 2.28. The maximum atomic E-state index is 11.1. The quantitative estimate of drug-likeness (QED) is 0.688. The summed E-state index contributed by atoms with van der Waals surface area (Å²) in [5.74, 6) is 1.13. The van der Waals surface area contributed by atoms with E-state index in [4.69, 9.17) is 4.74 Å². The first-order valence-electron chi connectivity index (χ1n) is 6.43. The SMILES string of the molecule is COc1cc(CN(C)CCCS(C)(=O)=O)ccc1SC. The Morgan fingerprint density at radius 2 is 2.05 bits per heavy atom. The van der Waals surface area contributed by atoms with Gasteiger partial charge in [-0.15, -0.1) is 11.8 Å². The zero-order valence-corrected chi connectivity index (χ0v) is 14.2. The molecule has 20 heavy (non-hydrogen) atoms. The van der Waals surface area contributed by atoms with Gasteiger partial charge >= 0.3 is 0 Å². The van der Waals surface area contributed by atoms with Crippen molar-refractivity contribution < 1.29 is 13.2 Å². The van der Waals surface area contributed by atoms with Gasteiger partial charge in [0, 0.05) is 17.7 Å². The van der Waals surface area contributed by atoms with Crippen molar-refractivity contribution in [1.82, 2.24) is 4.90 Å². The molecule has 0 aliphatic heterocycles. The van der Waals surface area contributed by atoms with E-state index < -0.39 is 9.84 Å². The Hall–Kier alpha value is -0.720. The molecule has 0 amide bonds. The van der Waals surface area contributed by atoms with E-state index in [1.165, 1.54) is 11.8 Å². The molecular formula is C14H23NO3S2. The van der Waals surface area contributed by atoms with Gasteiger partial charge in [-0.3, -0.25) is 0 Å². The van der Waals surface area contributed by atoms with Gasteiger partial charge in [0.1, 0.15) is 15.6 Å². The topological polar surface area (TPSA) is 46.6 Å². The molecule has 0 aromatic heterocycles. The Labute approximate surface area is 126 Å². The molecule has 0 fully saturated rings. The average Bonchev–Trinajstić information content (AvgIpc) is 2.37. The first-order valence-corrected chi connectivity index (χ1v) is 9.71. The van der Waals surface area contributed by atoms with Crippen LogP contribution in [0.1, 0.15) is 12.0 Å². The predicted octanol–water partition coefficient (Wildman–Crippen LogP) is 2.28. The molecule has 1 aromatic carbocycles. The minimum atomic E-state index is -2.86. The largest absolute Gasteiger partial charge is 0.496 e. The van der Waals surface area contributed by atoms with Crippen LogP contribution >= 0.6 is 11.8 Å². The summed E-state index contributed by atoms with van der Waals surface area (Å²) >= 11 is 1.66. The second kappa shape index (κ2) is 7.90. The highest BCUT2D eigenvalue weighted by Gasteiger charge is 2.07. The van der Waals surface area contributed by atoms with Gasteiger partial charge in [-0.2, -0.15) is 0 Å². The highest BCUT2D eigenvalue weighted by atomic mass is 32.2. The molecule has 0 heterocycles. The van der Waals surface area contributed by atoms with Crippen LogP contribution in [0.3, 0.4) is 0 Å². The van der Waals surface area contributed by atoms with Gasteiger partial charge < -0.3 is 9.64 Å². The monoisotopic (exact) mass is 317 g/mol. The summed E-state index contributed by atoms with van der Waals surface area (Å²) < 4.78 is 27.5. The predicted molar refractivity (Wildman–Crippen MR) is 85.4 cm³/mol. The van der Waals surface area contributed by atoms with Crippen molar-refractivity contribution in [2.45, 2.75) is 17.9 Å². The Kier molecular flexibility index (Phi) is 6.85. The summed E-state index contributed by atoms with van der Waals surface area (Å²) in [6.45, 7) is 1.55. The third kappa shape index (κ3) is 6.15. The Morgan fingerprint density at radius 1 is 1.35 bits per heavy atom. The van der Waals surface area contributed by atoms with Crippen LogP contribution < -0.4 is 4.74 Å². The fraction of sp³-hybridized carbons (Fsp3) is 0.571. The van der Waals surface area contributed by atoms with Gasteiger partial charge in [0.25, 0.3) is 0 Å². The fourth-order valence-electron chi connectivity index (χ4n) is 1.97. The van der Waals surface area contributed by atoms with Gasteiger partial charge in [-0.25, -0.2) is 8.42 Å². The molecule has 6 heteroatoms. The summed E-state index contributed by atoms with van der Waals surface area (Å²) in [5.41, 5.74) is 1.17. The molecule has 0 radical (unpaired) electrons. The van der Waals surface area contributed by atoms with Gasteiger partial charge in [0.05, 0.1) is 12.9 Å². The second-order valence-electron chi connectivity index (χ2n) is 4.91. The average molecular weight is 317 g/mol. The van der Waals surface area contributed by atoms with Gasteiger partial charge in [-0.1, -0.05) is 6.07 Å². The minimum Gasteiger partial charge on any atom is -0.496 e. The zero-order valence-electron chi connectivity index (χ0n) is 12.5. The van der Waals surface area contributed by atoms with Gasteiger partial charge in [-0.05, 0) is 44.0 Å². The van der Waals surface area contributed by atoms with Crippen LogP contribution in [-0.4, -0.2) is 52.3 Å². The normalized spacial score (nSPS) is 11.8. The Morgan fingerprint density at radius 3 is 2.60 bits per heavy atom. The summed E-state index contributed by atoms with van der Waals surface area (Å²) in [4.78, 5) is 3.25. The van der Waals surface area contributed by atoms with Gasteiger partial charge in [0.2, 0.25) is 0 Å². The number of ether oxygens (including phenoxy) is 1. The lowest BCUT2D eigenvalue weighted by Crippen LogP contribution is -2.21. The second-order valence-corrected chi connectivity index (χ2v) is 8.02. The third-order valence-corrected chi connectivity index (χ3v) is 4.76. The van der Waals surface area contributed by atoms with E-state index in [1.54, 1.807) is 18.9 Å². The molecule has 0 saturated heterocycles. The van der Waals surface area contributed by atoms with Crippen LogP contribution in [-0.2, 0) is 16.4 Å². The van der Waals surface area contributed by atoms with Crippen LogP contribution in [0.25, 0.3) is 0 Å². The molecule has 0 aliphatic rings. The molecule has 0 atom stereocenters. The van der Waals surface area contributed by atoms with Crippen LogP contribution in [0.15, 0.2) is 23.1 Å². The van der Waals surface area contributed by atoms with E-state index in [1.807, 2.05) is 19.4 Å². The van der Waals surface area contributed by atoms with E-state index in [0.717, 1.165) is 23.7 Å². The van der Waals surface area contributed by atoms with Crippen molar-refractivity contribution in [3.63, 3.8) is 0 Å². The van der Waals surface area contributed by atoms with Crippen LogP contribution in [0.2, 0.25) is 0 Å². The number of benzene rings is 1. The molecule has 0 unspecified atom stereocenters. The highest BCUT2D eigenvalue weighted by molar-refractivity contribution is 7.98. The van der Waals surface area contributed by atoms with Crippen LogP contribution in [0.4, 0.5) is 0 Å². The van der Waals surface area contributed by atoms with Crippen molar-refractivity contribution >= 4 is 21.6 Å². The lowest BCUT2D eigenvalue weighted by Gasteiger charge is -2.17. The van der Waals surface area contributed by atoms with E-state index in [0.29, 0.717) is 6.42 Å². The zero-order chi connectivity index (χ0) is 15.2. The van der Waals surface area contributed by atoms with Crippen LogP contribution in [0.5, 0.6) is 5.75 Å². The lowest BCUT2D eigenvalue weighted by atomic mass is 10.2. The fourth-order valence-corrected chi connectivity index (χ4v) is 3.17. The van der Waals surface area contributed by atoms with E-state index >= 15 is 0 Å². The van der Waals surface area contributed by atoms with Gasteiger partial charge in [0.15, 0.2) is 0 Å². The minimum absolute atomic E-state index is 0.242. The summed E-state index contributed by atoms with van der Waals surface area (Å²) in [5, 5.41) is 0. The van der Waals surface area contributed by atoms with E-state index in [-0.39, 0.29) is 5.75 Å². The molecule has 0 N–H and O–H groups in total. The lowest BCUT2D eigenvalue weighted by molar-refractivity contribution is 0.326. The number of thioether (sulfide) groups is 1. The number of sulfone groups is 1. The summed E-state index contributed by atoms with van der Waals surface area (Å²) in [6, 6.07) is 6.18. The van der Waals surface area contributed by atoms with Crippen molar-refractivity contribution in [1.29, 1.82) is 0 Å². The first-order chi connectivity index (χ1) is 9.35. The maximum Gasteiger partial charge on any atom is 0.147 e. The molecule has 114 valence electrons. The number of nitrogens with zero attached hydrogens (tertiary/aromatic N) is 1. The van der Waals surface area contributed by atoms with Crippen molar-refractivity contribution in [2.75, 3.05) is 39.0 Å².